The van der Waals surface area contributed by atoms with E-state index in [1.54, 1.807) is 6.92 Å². The van der Waals surface area contributed by atoms with Crippen molar-refractivity contribution in [2.24, 2.45) is 5.92 Å². The van der Waals surface area contributed by atoms with Crippen LogP contribution in [-0.4, -0.2) is 57.1 Å². The van der Waals surface area contributed by atoms with Crippen LogP contribution in [0, 0.1) is 5.92 Å². The molecule has 3 N–H and O–H groups in total. The lowest BCUT2D eigenvalue weighted by Crippen LogP contribution is -2.36. The Kier molecular flexibility index (Phi) is 25.3. The number of carbonyl (C=O) groups is 1. The maximum absolute atomic E-state index is 12.0. The van der Waals surface area contributed by atoms with Crippen LogP contribution in [-0.2, 0) is 14.8 Å². The Hall–Kier alpha value is -0.570. The number of carbonyl (C=O) groups excluding carboxylic acids is 1. The van der Waals surface area contributed by atoms with E-state index in [0.29, 0.717) is 19.4 Å². The molecule has 0 aromatic carbocycles. The fraction of sp³-hybridized carbons (Fsp3) is 0.964. The van der Waals surface area contributed by atoms with Crippen molar-refractivity contribution in [3.05, 3.63) is 0 Å². The highest BCUT2D eigenvalue weighted by molar-refractivity contribution is 7.89. The van der Waals surface area contributed by atoms with Crippen LogP contribution in [0.1, 0.15) is 129 Å². The molecule has 0 aliphatic rings. The molecular weight excluding hydrogens is 512 g/mol. The van der Waals surface area contributed by atoms with E-state index in [0.717, 1.165) is 12.8 Å². The highest BCUT2D eigenvalue weighted by atomic mass is 35.5. The second-order valence-corrected chi connectivity index (χ2v) is 12.8. The van der Waals surface area contributed by atoms with E-state index in [4.69, 9.17) is 16.3 Å². The van der Waals surface area contributed by atoms with Crippen molar-refractivity contribution < 1.29 is 23.1 Å². The monoisotopic (exact) mass is 568 g/mol. The summed E-state index contributed by atoms with van der Waals surface area (Å²) in [6.07, 6.45) is 20.6. The largest absolute Gasteiger partial charge is 0.449 e. The molecule has 0 saturated carbocycles. The average Bonchev–Trinajstić information content (AvgIpc) is 2.86. The fourth-order valence-corrected chi connectivity index (χ4v) is 5.81. The lowest BCUT2D eigenvalue weighted by Gasteiger charge is -2.19. The van der Waals surface area contributed by atoms with Gasteiger partial charge in [0, 0.05) is 24.9 Å². The molecule has 2 unspecified atom stereocenters. The first-order valence-electron chi connectivity index (χ1n) is 14.9. The van der Waals surface area contributed by atoms with Crippen LogP contribution >= 0.6 is 11.6 Å². The topological polar surface area (TPSA) is 105 Å². The third-order valence-electron chi connectivity index (χ3n) is 6.56. The molecule has 0 spiro atoms. The van der Waals surface area contributed by atoms with Gasteiger partial charge in [-0.25, -0.2) is 17.9 Å². The number of alkyl carbamates (subject to hydrolysis) is 1. The quantitative estimate of drug-likeness (QED) is 0.0737. The summed E-state index contributed by atoms with van der Waals surface area (Å²) in [5.41, 5.74) is 0. The molecule has 222 valence electrons. The van der Waals surface area contributed by atoms with E-state index in [-0.39, 0.29) is 30.7 Å². The molecule has 0 aromatic rings. The van der Waals surface area contributed by atoms with Gasteiger partial charge in [-0.15, -0.1) is 11.6 Å². The number of rotatable bonds is 27. The summed E-state index contributed by atoms with van der Waals surface area (Å²) >= 11 is 5.56. The van der Waals surface area contributed by atoms with Crippen LogP contribution in [0.5, 0.6) is 0 Å². The summed E-state index contributed by atoms with van der Waals surface area (Å²) in [5, 5.41) is 12.4. The van der Waals surface area contributed by atoms with Gasteiger partial charge in [-0.2, -0.15) is 0 Å². The van der Waals surface area contributed by atoms with Gasteiger partial charge in [-0.3, -0.25) is 0 Å². The van der Waals surface area contributed by atoms with Gasteiger partial charge >= 0.3 is 6.09 Å². The number of alkyl halides is 1. The zero-order chi connectivity index (χ0) is 27.6. The first-order valence-corrected chi connectivity index (χ1v) is 17.1. The molecule has 7 nitrogen and oxygen atoms in total. The van der Waals surface area contributed by atoms with Crippen molar-refractivity contribution >= 4 is 27.7 Å². The predicted molar refractivity (Wildman–Crippen MR) is 156 cm³/mol. The van der Waals surface area contributed by atoms with Gasteiger partial charge in [0.25, 0.3) is 0 Å². The Bertz CT molecular complexity index is 620. The number of unbranched alkanes of at least 4 members (excludes halogenated alkanes) is 15. The summed E-state index contributed by atoms with van der Waals surface area (Å²) in [4.78, 5) is 12.0. The van der Waals surface area contributed by atoms with Crippen molar-refractivity contribution in [3.8, 4) is 0 Å². The molecule has 9 heteroatoms. The lowest BCUT2D eigenvalue weighted by molar-refractivity contribution is 0.100. The Morgan fingerprint density at radius 3 is 1.78 bits per heavy atom. The average molecular weight is 569 g/mol. The molecule has 0 saturated heterocycles. The molecule has 2 atom stereocenters. The molecule has 0 bridgehead atoms. The van der Waals surface area contributed by atoms with Gasteiger partial charge in [0.15, 0.2) is 0 Å². The molecular formula is C28H57ClN2O5S. The number of aliphatic hydroxyl groups excluding tert-OH is 1. The first kappa shape index (κ1) is 36.4. The molecule has 0 aliphatic heterocycles. The van der Waals surface area contributed by atoms with Gasteiger partial charge in [-0.05, 0) is 26.2 Å². The molecule has 0 aromatic heterocycles. The molecule has 0 fully saturated rings. The van der Waals surface area contributed by atoms with Gasteiger partial charge in [0.05, 0.1) is 18.5 Å². The number of aliphatic hydroxyl groups is 1. The third kappa shape index (κ3) is 26.8. The van der Waals surface area contributed by atoms with Crippen molar-refractivity contribution in [1.29, 1.82) is 0 Å². The van der Waals surface area contributed by atoms with E-state index >= 15 is 0 Å². The third-order valence-corrected chi connectivity index (χ3v) is 8.26. The van der Waals surface area contributed by atoms with Crippen molar-refractivity contribution in [2.75, 3.05) is 31.3 Å². The highest BCUT2D eigenvalue weighted by Crippen LogP contribution is 2.14. The van der Waals surface area contributed by atoms with Crippen LogP contribution in [0.15, 0.2) is 0 Å². The van der Waals surface area contributed by atoms with Crippen molar-refractivity contribution in [3.63, 3.8) is 0 Å². The van der Waals surface area contributed by atoms with E-state index < -0.39 is 22.2 Å². The van der Waals surface area contributed by atoms with Crippen LogP contribution in [0.4, 0.5) is 4.79 Å². The summed E-state index contributed by atoms with van der Waals surface area (Å²) in [6, 6.07) is 0. The lowest BCUT2D eigenvalue weighted by atomic mass is 10.0. The number of halogens is 1. The summed E-state index contributed by atoms with van der Waals surface area (Å²) in [6.45, 7) is 4.63. The van der Waals surface area contributed by atoms with Crippen molar-refractivity contribution in [1.82, 2.24) is 10.0 Å². The number of hydrogen-bond donors (Lipinski definition) is 3. The minimum atomic E-state index is -3.42. The summed E-state index contributed by atoms with van der Waals surface area (Å²) in [5.74, 6) is -0.0636. The van der Waals surface area contributed by atoms with E-state index in [9.17, 15) is 18.3 Å². The van der Waals surface area contributed by atoms with E-state index in [2.05, 4.69) is 17.0 Å². The normalized spacial score (nSPS) is 13.4. The number of nitrogens with one attached hydrogen (secondary N) is 2. The zero-order valence-corrected chi connectivity index (χ0v) is 25.4. The second kappa shape index (κ2) is 25.7. The van der Waals surface area contributed by atoms with Crippen LogP contribution in [0.3, 0.4) is 0 Å². The van der Waals surface area contributed by atoms with Gasteiger partial charge in [-0.1, -0.05) is 103 Å². The molecule has 0 radical (unpaired) electrons. The molecule has 0 aliphatic carbocycles. The van der Waals surface area contributed by atoms with Gasteiger partial charge in [0.2, 0.25) is 10.0 Å². The van der Waals surface area contributed by atoms with Gasteiger partial charge < -0.3 is 15.2 Å². The maximum atomic E-state index is 12.0. The summed E-state index contributed by atoms with van der Waals surface area (Å²) in [7, 11) is -3.42. The minimum Gasteiger partial charge on any atom is -0.449 e. The number of ether oxygens (including phenoxy) is 1. The predicted octanol–water partition coefficient (Wildman–Crippen LogP) is 6.91. The Labute approximate surface area is 233 Å². The van der Waals surface area contributed by atoms with E-state index in [1.807, 2.05) is 0 Å². The van der Waals surface area contributed by atoms with E-state index in [1.165, 1.54) is 89.9 Å². The van der Waals surface area contributed by atoms with Crippen LogP contribution in [0.25, 0.3) is 0 Å². The zero-order valence-electron chi connectivity index (χ0n) is 23.8. The van der Waals surface area contributed by atoms with Gasteiger partial charge in [0.1, 0.15) is 0 Å². The SMILES string of the molecule is CCCCCCCCCCCCCCCCCCNC(=O)OCC(CNS(=O)(=O)CCCCl)CC(C)O. The summed E-state index contributed by atoms with van der Waals surface area (Å²) < 4.78 is 31.7. The van der Waals surface area contributed by atoms with Crippen LogP contribution in [0.2, 0.25) is 0 Å². The number of amides is 1. The number of hydrogen-bond acceptors (Lipinski definition) is 5. The first-order chi connectivity index (χ1) is 17.8. The highest BCUT2D eigenvalue weighted by Gasteiger charge is 2.18. The Balaban J connectivity index is 3.68. The van der Waals surface area contributed by atoms with Crippen LogP contribution < -0.4 is 10.0 Å². The standard InChI is InChI=1S/C28H57ClN2O5S/c1-3-4-5-6-7-8-9-10-11-12-13-14-15-16-17-18-21-30-28(33)36-25-27(23-26(2)32)24-31-37(34,35)22-19-20-29/h26-27,31-32H,3-25H2,1-2H3,(H,30,33). The fourth-order valence-electron chi connectivity index (χ4n) is 4.36. The molecule has 0 heterocycles. The molecule has 1 amide bonds. The minimum absolute atomic E-state index is 0.0431. The van der Waals surface area contributed by atoms with Crippen molar-refractivity contribution in [2.45, 2.75) is 136 Å². The smallest absolute Gasteiger partial charge is 0.407 e. The molecule has 0 rings (SSSR count). The number of sulfonamides is 1. The maximum Gasteiger partial charge on any atom is 0.407 e. The molecule has 37 heavy (non-hydrogen) atoms. The second-order valence-electron chi connectivity index (χ2n) is 10.5. The Morgan fingerprint density at radius 1 is 0.838 bits per heavy atom. The Morgan fingerprint density at radius 2 is 1.32 bits per heavy atom.